The highest BCUT2D eigenvalue weighted by atomic mass is 35.5. The maximum absolute atomic E-state index is 11.8. The van der Waals surface area contributed by atoms with Crippen molar-refractivity contribution in [3.05, 3.63) is 61.9 Å². The highest BCUT2D eigenvalue weighted by molar-refractivity contribution is 7.15. The second-order valence-electron chi connectivity index (χ2n) is 4.67. The summed E-state index contributed by atoms with van der Waals surface area (Å²) in [4.78, 5) is 28.3. The lowest BCUT2D eigenvalue weighted by Gasteiger charge is -2.08. The fraction of sp³-hybridized carbons (Fsp3) is 0.133. The van der Waals surface area contributed by atoms with Gasteiger partial charge >= 0.3 is 5.97 Å². The first-order valence-electron chi connectivity index (χ1n) is 6.72. The van der Waals surface area contributed by atoms with Gasteiger partial charge in [0.05, 0.1) is 10.7 Å². The molecule has 0 N–H and O–H groups in total. The van der Waals surface area contributed by atoms with Crippen LogP contribution in [0.25, 0.3) is 4.96 Å². The molecular weight excluding hydrogens is 375 g/mol. The minimum atomic E-state index is -0.603. The first kappa shape index (κ1) is 16.8. The van der Waals surface area contributed by atoms with Crippen LogP contribution in [-0.4, -0.2) is 22.0 Å². The van der Waals surface area contributed by atoms with Gasteiger partial charge in [-0.1, -0.05) is 23.2 Å². The third-order valence-electron chi connectivity index (χ3n) is 2.98. The van der Waals surface area contributed by atoms with Crippen LogP contribution in [0.15, 0.2) is 40.6 Å². The fourth-order valence-electron chi connectivity index (χ4n) is 1.89. The monoisotopic (exact) mass is 384 g/mol. The smallest absolute Gasteiger partial charge is 0.344 e. The Bertz CT molecular complexity index is 954. The van der Waals surface area contributed by atoms with E-state index < -0.39 is 5.97 Å². The van der Waals surface area contributed by atoms with Crippen molar-refractivity contribution in [2.75, 3.05) is 6.61 Å². The van der Waals surface area contributed by atoms with E-state index in [1.807, 2.05) is 0 Å². The summed E-state index contributed by atoms with van der Waals surface area (Å²) in [5.41, 5.74) is 0.150. The third-order valence-corrected chi connectivity index (χ3v) is 4.26. The lowest BCUT2D eigenvalue weighted by Crippen LogP contribution is -2.17. The Morgan fingerprint density at radius 2 is 2.12 bits per heavy atom. The van der Waals surface area contributed by atoms with Crippen LogP contribution in [-0.2, 0) is 16.1 Å². The number of hydrogen-bond donors (Lipinski definition) is 0. The summed E-state index contributed by atoms with van der Waals surface area (Å²) in [6, 6.07) is 5.99. The highest BCUT2D eigenvalue weighted by Crippen LogP contribution is 2.27. The number of thiazole rings is 1. The van der Waals surface area contributed by atoms with Crippen LogP contribution < -0.4 is 10.3 Å². The number of halogens is 2. The molecule has 0 aliphatic carbocycles. The van der Waals surface area contributed by atoms with Gasteiger partial charge in [0.2, 0.25) is 0 Å². The molecule has 3 rings (SSSR count). The minimum absolute atomic E-state index is 0.111. The zero-order valence-corrected chi connectivity index (χ0v) is 14.4. The number of nitrogens with zero attached hydrogens (tertiary/aromatic N) is 2. The SMILES string of the molecule is O=C(COc1ccc(Cl)cc1Cl)OCc1cc(=O)n2ccsc2n1. The maximum atomic E-state index is 11.8. The summed E-state index contributed by atoms with van der Waals surface area (Å²) in [6.07, 6.45) is 1.63. The third kappa shape index (κ3) is 3.87. The molecule has 0 saturated carbocycles. The van der Waals surface area contributed by atoms with E-state index in [1.165, 1.54) is 27.9 Å². The minimum Gasteiger partial charge on any atom is -0.480 e. The van der Waals surface area contributed by atoms with Crippen molar-refractivity contribution in [3.8, 4) is 5.75 Å². The van der Waals surface area contributed by atoms with Gasteiger partial charge in [-0.3, -0.25) is 9.20 Å². The average molecular weight is 385 g/mol. The molecule has 3 aromatic rings. The van der Waals surface area contributed by atoms with E-state index in [2.05, 4.69) is 4.98 Å². The number of benzene rings is 1. The van der Waals surface area contributed by atoms with Crippen LogP contribution in [0, 0.1) is 0 Å². The van der Waals surface area contributed by atoms with E-state index >= 15 is 0 Å². The molecule has 9 heteroatoms. The van der Waals surface area contributed by atoms with Gasteiger partial charge in [-0.05, 0) is 18.2 Å². The Kier molecular flexibility index (Phi) is 5.03. The second-order valence-corrected chi connectivity index (χ2v) is 6.38. The first-order chi connectivity index (χ1) is 11.5. The van der Waals surface area contributed by atoms with Gasteiger partial charge in [-0.25, -0.2) is 9.78 Å². The number of fused-ring (bicyclic) bond motifs is 1. The van der Waals surface area contributed by atoms with E-state index in [4.69, 9.17) is 32.7 Å². The van der Waals surface area contributed by atoms with Gasteiger partial charge in [-0.15, -0.1) is 11.3 Å². The predicted molar refractivity (Wildman–Crippen MR) is 91.1 cm³/mol. The molecular formula is C15H10Cl2N2O4S. The van der Waals surface area contributed by atoms with Crippen molar-refractivity contribution in [1.29, 1.82) is 0 Å². The number of ether oxygens (including phenoxy) is 2. The van der Waals surface area contributed by atoms with Crippen LogP contribution in [0.5, 0.6) is 5.75 Å². The largest absolute Gasteiger partial charge is 0.480 e. The maximum Gasteiger partial charge on any atom is 0.344 e. The Hall–Kier alpha value is -2.09. The van der Waals surface area contributed by atoms with Gasteiger partial charge in [0, 0.05) is 22.7 Å². The molecule has 0 unspecified atom stereocenters. The molecule has 0 amide bonds. The number of aromatic nitrogens is 2. The topological polar surface area (TPSA) is 69.9 Å². The molecule has 0 saturated heterocycles. The lowest BCUT2D eigenvalue weighted by atomic mass is 10.3. The Morgan fingerprint density at radius 3 is 2.92 bits per heavy atom. The van der Waals surface area contributed by atoms with Crippen LogP contribution in [0.3, 0.4) is 0 Å². The molecule has 0 aliphatic heterocycles. The quantitative estimate of drug-likeness (QED) is 0.631. The van der Waals surface area contributed by atoms with Crippen molar-refractivity contribution in [1.82, 2.24) is 9.38 Å². The number of esters is 1. The molecule has 0 fully saturated rings. The highest BCUT2D eigenvalue weighted by Gasteiger charge is 2.10. The Labute approximate surface area is 150 Å². The molecule has 6 nitrogen and oxygen atoms in total. The molecule has 24 heavy (non-hydrogen) atoms. The summed E-state index contributed by atoms with van der Waals surface area (Å²) >= 11 is 13.0. The molecule has 0 aliphatic rings. The van der Waals surface area contributed by atoms with Gasteiger partial charge in [0.15, 0.2) is 11.6 Å². The molecule has 0 bridgehead atoms. The van der Waals surface area contributed by atoms with E-state index in [1.54, 1.807) is 23.7 Å². The van der Waals surface area contributed by atoms with E-state index in [0.717, 1.165) is 0 Å². The second kappa shape index (κ2) is 7.21. The Morgan fingerprint density at radius 1 is 1.29 bits per heavy atom. The average Bonchev–Trinajstić information content (AvgIpc) is 3.01. The van der Waals surface area contributed by atoms with Crippen LogP contribution in [0.1, 0.15) is 5.69 Å². The normalized spacial score (nSPS) is 10.8. The van der Waals surface area contributed by atoms with Crippen LogP contribution >= 0.6 is 34.5 Å². The summed E-state index contributed by atoms with van der Waals surface area (Å²) in [5, 5.41) is 2.52. The molecule has 0 atom stereocenters. The van der Waals surface area contributed by atoms with Gasteiger partial charge in [0.25, 0.3) is 5.56 Å². The van der Waals surface area contributed by atoms with Crippen LogP contribution in [0.4, 0.5) is 0 Å². The first-order valence-corrected chi connectivity index (χ1v) is 8.36. The lowest BCUT2D eigenvalue weighted by molar-refractivity contribution is -0.147. The van der Waals surface area contributed by atoms with Gasteiger partial charge in [0.1, 0.15) is 12.4 Å². The van der Waals surface area contributed by atoms with E-state index in [0.29, 0.717) is 26.4 Å². The molecule has 2 aromatic heterocycles. The van der Waals surface area contributed by atoms with Gasteiger partial charge < -0.3 is 9.47 Å². The predicted octanol–water partition coefficient (Wildman–Crippen LogP) is 3.19. The fourth-order valence-corrected chi connectivity index (χ4v) is 3.09. The van der Waals surface area contributed by atoms with E-state index in [-0.39, 0.29) is 18.8 Å². The molecule has 0 radical (unpaired) electrons. The molecule has 124 valence electrons. The van der Waals surface area contributed by atoms with Crippen LogP contribution in [0.2, 0.25) is 10.0 Å². The van der Waals surface area contributed by atoms with E-state index in [9.17, 15) is 9.59 Å². The number of rotatable bonds is 5. The summed E-state index contributed by atoms with van der Waals surface area (Å²) < 4.78 is 11.7. The van der Waals surface area contributed by atoms with Crippen molar-refractivity contribution in [2.24, 2.45) is 0 Å². The van der Waals surface area contributed by atoms with Crippen molar-refractivity contribution < 1.29 is 14.3 Å². The standard InChI is InChI=1S/C15H10Cl2N2O4S/c16-9-1-2-12(11(17)5-9)22-8-14(21)23-7-10-6-13(20)19-3-4-24-15(19)18-10/h1-6H,7-8H2. The number of carbonyl (C=O) groups excluding carboxylic acids is 1. The number of carbonyl (C=O) groups is 1. The molecule has 0 spiro atoms. The van der Waals surface area contributed by atoms with Crippen molar-refractivity contribution in [3.63, 3.8) is 0 Å². The molecule has 2 heterocycles. The molecule has 1 aromatic carbocycles. The summed E-state index contributed by atoms with van der Waals surface area (Å²) in [5.74, 6) is -0.274. The van der Waals surface area contributed by atoms with Crippen molar-refractivity contribution >= 4 is 45.5 Å². The zero-order valence-electron chi connectivity index (χ0n) is 12.1. The summed E-state index contributed by atoms with van der Waals surface area (Å²) in [7, 11) is 0. The van der Waals surface area contributed by atoms with Gasteiger partial charge in [-0.2, -0.15) is 0 Å². The zero-order chi connectivity index (χ0) is 17.1. The Balaban J connectivity index is 1.57. The van der Waals surface area contributed by atoms with Crippen molar-refractivity contribution in [2.45, 2.75) is 6.61 Å². The summed E-state index contributed by atoms with van der Waals surface area (Å²) in [6.45, 7) is -0.429. The number of hydrogen-bond acceptors (Lipinski definition) is 6.